The van der Waals surface area contributed by atoms with Crippen LogP contribution in [0, 0.1) is 5.82 Å². The van der Waals surface area contributed by atoms with Gasteiger partial charge in [-0.15, -0.1) is 8.78 Å². The first-order valence-corrected chi connectivity index (χ1v) is 6.38. The van der Waals surface area contributed by atoms with E-state index in [4.69, 9.17) is 11.6 Å². The van der Waals surface area contributed by atoms with E-state index < -0.39 is 18.0 Å². The van der Waals surface area contributed by atoms with Crippen LogP contribution in [-0.2, 0) is 0 Å². The van der Waals surface area contributed by atoms with Gasteiger partial charge in [-0.2, -0.15) is 0 Å². The van der Waals surface area contributed by atoms with E-state index in [2.05, 4.69) is 14.8 Å². The molecule has 2 aromatic carbocycles. The molecule has 1 aliphatic rings. The summed E-state index contributed by atoms with van der Waals surface area (Å²) in [5, 5.41) is 2.53. The van der Waals surface area contributed by atoms with Crippen LogP contribution in [0.15, 0.2) is 36.4 Å². The van der Waals surface area contributed by atoms with Crippen LogP contribution in [0.5, 0.6) is 11.5 Å². The average Bonchev–Trinajstić information content (AvgIpc) is 2.71. The van der Waals surface area contributed by atoms with Crippen molar-refractivity contribution in [2.24, 2.45) is 0 Å². The van der Waals surface area contributed by atoms with Crippen LogP contribution in [0.1, 0.15) is 10.4 Å². The van der Waals surface area contributed by atoms with E-state index in [1.165, 1.54) is 24.3 Å². The zero-order valence-electron chi connectivity index (χ0n) is 10.7. The number of hydrogen-bond acceptors (Lipinski definition) is 3. The number of halogens is 4. The third-order valence-corrected chi connectivity index (χ3v) is 3.07. The minimum Gasteiger partial charge on any atom is -0.395 e. The standard InChI is InChI=1S/C14H7ClF3NO3/c15-7-1-3-9(10(16)5-7)13(20)19-8-2-4-11-12(6-8)22-14(17,18)21-11/h1-6H,(H,19,20). The van der Waals surface area contributed by atoms with Gasteiger partial charge in [0.05, 0.1) is 5.56 Å². The number of carbonyl (C=O) groups is 1. The van der Waals surface area contributed by atoms with Gasteiger partial charge in [0.1, 0.15) is 5.82 Å². The Bertz CT molecular complexity index is 767. The molecule has 0 spiro atoms. The summed E-state index contributed by atoms with van der Waals surface area (Å²) < 4.78 is 47.9. The number of carbonyl (C=O) groups excluding carboxylic acids is 1. The second-order valence-corrected chi connectivity index (χ2v) is 4.84. The molecule has 1 N–H and O–H groups in total. The lowest BCUT2D eigenvalue weighted by molar-refractivity contribution is -0.286. The molecule has 0 aromatic heterocycles. The fourth-order valence-corrected chi connectivity index (χ4v) is 2.06. The number of amides is 1. The molecule has 22 heavy (non-hydrogen) atoms. The van der Waals surface area contributed by atoms with Crippen LogP contribution in [0.3, 0.4) is 0 Å². The summed E-state index contributed by atoms with van der Waals surface area (Å²) in [5.41, 5.74) is -0.0770. The highest BCUT2D eigenvalue weighted by Gasteiger charge is 2.43. The summed E-state index contributed by atoms with van der Waals surface area (Å²) >= 11 is 5.60. The van der Waals surface area contributed by atoms with Crippen molar-refractivity contribution in [1.82, 2.24) is 0 Å². The molecule has 0 radical (unpaired) electrons. The van der Waals surface area contributed by atoms with E-state index in [1.54, 1.807) is 0 Å². The van der Waals surface area contributed by atoms with E-state index in [9.17, 15) is 18.0 Å². The Balaban J connectivity index is 1.81. The maximum atomic E-state index is 13.6. The Morgan fingerprint density at radius 2 is 1.82 bits per heavy atom. The van der Waals surface area contributed by atoms with Crippen LogP contribution < -0.4 is 14.8 Å². The molecule has 2 aromatic rings. The lowest BCUT2D eigenvalue weighted by atomic mass is 10.2. The van der Waals surface area contributed by atoms with Gasteiger partial charge in [0.2, 0.25) is 0 Å². The maximum Gasteiger partial charge on any atom is 0.586 e. The number of alkyl halides is 2. The van der Waals surface area contributed by atoms with Crippen LogP contribution >= 0.6 is 11.6 Å². The Morgan fingerprint density at radius 1 is 1.09 bits per heavy atom. The van der Waals surface area contributed by atoms with Crippen molar-refractivity contribution in [3.63, 3.8) is 0 Å². The van der Waals surface area contributed by atoms with Gasteiger partial charge < -0.3 is 14.8 Å². The first-order valence-electron chi connectivity index (χ1n) is 6.00. The minimum absolute atomic E-state index is 0.152. The molecule has 0 fully saturated rings. The molecule has 1 amide bonds. The van der Waals surface area contributed by atoms with E-state index >= 15 is 0 Å². The lowest BCUT2D eigenvalue weighted by Gasteiger charge is -2.07. The highest BCUT2D eigenvalue weighted by Crippen LogP contribution is 2.42. The number of nitrogens with one attached hydrogen (secondary N) is 1. The van der Waals surface area contributed by atoms with Gasteiger partial charge in [-0.05, 0) is 30.3 Å². The van der Waals surface area contributed by atoms with Gasteiger partial charge in [-0.25, -0.2) is 4.39 Å². The van der Waals surface area contributed by atoms with Crippen molar-refractivity contribution in [3.05, 3.63) is 52.8 Å². The number of rotatable bonds is 2. The Kier molecular flexibility index (Phi) is 3.37. The Morgan fingerprint density at radius 3 is 2.55 bits per heavy atom. The van der Waals surface area contributed by atoms with Gasteiger partial charge >= 0.3 is 6.29 Å². The third kappa shape index (κ3) is 2.80. The predicted molar refractivity (Wildman–Crippen MR) is 72.0 cm³/mol. The van der Waals surface area contributed by atoms with Gasteiger partial charge in [0.25, 0.3) is 5.91 Å². The molecule has 4 nitrogen and oxygen atoms in total. The largest absolute Gasteiger partial charge is 0.586 e. The lowest BCUT2D eigenvalue weighted by Crippen LogP contribution is -2.25. The van der Waals surface area contributed by atoms with Crippen molar-refractivity contribution in [3.8, 4) is 11.5 Å². The van der Waals surface area contributed by atoms with Crippen molar-refractivity contribution < 1.29 is 27.4 Å². The number of fused-ring (bicyclic) bond motifs is 1. The second-order valence-electron chi connectivity index (χ2n) is 4.41. The van der Waals surface area contributed by atoms with Gasteiger partial charge in [0, 0.05) is 16.8 Å². The van der Waals surface area contributed by atoms with Crippen LogP contribution in [0.25, 0.3) is 0 Å². The first kappa shape index (κ1) is 14.5. The fourth-order valence-electron chi connectivity index (χ4n) is 1.90. The summed E-state index contributed by atoms with van der Waals surface area (Å²) in [6, 6.07) is 7.27. The zero-order chi connectivity index (χ0) is 15.9. The molecule has 3 rings (SSSR count). The van der Waals surface area contributed by atoms with Crippen LogP contribution in [0.2, 0.25) is 5.02 Å². The number of ether oxygens (including phenoxy) is 2. The van der Waals surface area contributed by atoms with Crippen molar-refractivity contribution in [2.45, 2.75) is 6.29 Å². The summed E-state index contributed by atoms with van der Waals surface area (Å²) in [7, 11) is 0. The van der Waals surface area contributed by atoms with Crippen LogP contribution in [-0.4, -0.2) is 12.2 Å². The summed E-state index contributed by atoms with van der Waals surface area (Å²) in [5.74, 6) is -1.92. The normalized spacial score (nSPS) is 14.7. The van der Waals surface area contributed by atoms with Crippen LogP contribution in [0.4, 0.5) is 18.9 Å². The molecule has 0 atom stereocenters. The molecule has 1 heterocycles. The highest BCUT2D eigenvalue weighted by atomic mass is 35.5. The Hall–Kier alpha value is -2.41. The molecule has 0 saturated carbocycles. The molecule has 0 unspecified atom stereocenters. The van der Waals surface area contributed by atoms with Gasteiger partial charge in [-0.1, -0.05) is 11.6 Å². The summed E-state index contributed by atoms with van der Waals surface area (Å²) in [4.78, 5) is 12.0. The summed E-state index contributed by atoms with van der Waals surface area (Å²) in [6.45, 7) is 0. The number of anilines is 1. The van der Waals surface area contributed by atoms with Gasteiger partial charge in [0.15, 0.2) is 11.5 Å². The predicted octanol–water partition coefficient (Wildman–Crippen LogP) is 4.05. The molecule has 0 bridgehead atoms. The molecular weight excluding hydrogens is 323 g/mol. The highest BCUT2D eigenvalue weighted by molar-refractivity contribution is 6.30. The third-order valence-electron chi connectivity index (χ3n) is 2.83. The van der Waals surface area contributed by atoms with Gasteiger partial charge in [-0.3, -0.25) is 4.79 Å². The first-order chi connectivity index (χ1) is 10.3. The minimum atomic E-state index is -3.74. The van der Waals surface area contributed by atoms with E-state index in [1.807, 2.05) is 0 Å². The number of hydrogen-bond donors (Lipinski definition) is 1. The SMILES string of the molecule is O=C(Nc1ccc2c(c1)OC(F)(F)O2)c1ccc(Cl)cc1F. The van der Waals surface area contributed by atoms with Crippen molar-refractivity contribution >= 4 is 23.2 Å². The van der Waals surface area contributed by atoms with Crippen molar-refractivity contribution in [2.75, 3.05) is 5.32 Å². The number of benzene rings is 2. The molecule has 0 saturated heterocycles. The smallest absolute Gasteiger partial charge is 0.395 e. The molecule has 1 aliphatic heterocycles. The molecule has 0 aliphatic carbocycles. The fraction of sp³-hybridized carbons (Fsp3) is 0.0714. The monoisotopic (exact) mass is 329 g/mol. The second kappa shape index (κ2) is 5.10. The molecule has 114 valence electrons. The van der Waals surface area contributed by atoms with Crippen molar-refractivity contribution in [1.29, 1.82) is 0 Å². The topological polar surface area (TPSA) is 47.6 Å². The average molecular weight is 330 g/mol. The Labute approximate surface area is 127 Å². The quantitative estimate of drug-likeness (QED) is 0.904. The van der Waals surface area contributed by atoms with E-state index in [-0.39, 0.29) is 27.8 Å². The van der Waals surface area contributed by atoms with E-state index in [0.717, 1.165) is 12.1 Å². The zero-order valence-corrected chi connectivity index (χ0v) is 11.5. The summed E-state index contributed by atoms with van der Waals surface area (Å²) in [6.07, 6.45) is -3.74. The molecule has 8 heteroatoms. The van der Waals surface area contributed by atoms with E-state index in [0.29, 0.717) is 0 Å². The maximum absolute atomic E-state index is 13.6. The molecular formula is C14H7ClF3NO3.